The standard InChI is InChI=1S/C19H21N3O2/c1-22-17(14-8-10-16(23-2)11-9-14)13-21-19(22)20-12-15-6-4-5-7-18(15)24-3/h4-11,13H,12H2,1-3H3,(H,20,21). The smallest absolute Gasteiger partial charge is 0.203 e. The molecule has 0 saturated carbocycles. The fourth-order valence-corrected chi connectivity index (χ4v) is 2.63. The highest BCUT2D eigenvalue weighted by Crippen LogP contribution is 2.25. The van der Waals surface area contributed by atoms with Crippen molar-refractivity contribution in [3.05, 3.63) is 60.3 Å². The van der Waals surface area contributed by atoms with Gasteiger partial charge in [0, 0.05) is 24.7 Å². The van der Waals surface area contributed by atoms with E-state index in [-0.39, 0.29) is 0 Å². The van der Waals surface area contributed by atoms with Crippen LogP contribution < -0.4 is 14.8 Å². The van der Waals surface area contributed by atoms with Gasteiger partial charge in [0.05, 0.1) is 26.1 Å². The average Bonchev–Trinajstić information content (AvgIpc) is 3.01. The van der Waals surface area contributed by atoms with Gasteiger partial charge < -0.3 is 19.4 Å². The molecule has 0 fully saturated rings. The Labute approximate surface area is 141 Å². The predicted octanol–water partition coefficient (Wildman–Crippen LogP) is 3.72. The fraction of sp³-hybridized carbons (Fsp3) is 0.211. The first kappa shape index (κ1) is 15.9. The van der Waals surface area contributed by atoms with Crippen LogP contribution in [0.3, 0.4) is 0 Å². The molecule has 3 aromatic rings. The molecule has 0 radical (unpaired) electrons. The van der Waals surface area contributed by atoms with Crippen molar-refractivity contribution >= 4 is 5.95 Å². The average molecular weight is 323 g/mol. The van der Waals surface area contributed by atoms with Crippen molar-refractivity contribution in [2.75, 3.05) is 19.5 Å². The first-order valence-corrected chi connectivity index (χ1v) is 7.75. The molecule has 0 amide bonds. The maximum Gasteiger partial charge on any atom is 0.203 e. The second-order valence-corrected chi connectivity index (χ2v) is 5.42. The zero-order valence-electron chi connectivity index (χ0n) is 14.1. The Kier molecular flexibility index (Phi) is 4.70. The Morgan fingerprint density at radius 2 is 1.75 bits per heavy atom. The van der Waals surface area contributed by atoms with Gasteiger partial charge in [0.25, 0.3) is 0 Å². The zero-order valence-corrected chi connectivity index (χ0v) is 14.1. The van der Waals surface area contributed by atoms with Crippen LogP contribution in [0.4, 0.5) is 5.95 Å². The summed E-state index contributed by atoms with van der Waals surface area (Å²) in [6.45, 7) is 0.650. The number of rotatable bonds is 6. The van der Waals surface area contributed by atoms with E-state index in [9.17, 15) is 0 Å². The number of nitrogens with zero attached hydrogens (tertiary/aromatic N) is 2. The molecule has 0 saturated heterocycles. The van der Waals surface area contributed by atoms with E-state index < -0.39 is 0 Å². The highest BCUT2D eigenvalue weighted by atomic mass is 16.5. The van der Waals surface area contributed by atoms with Crippen molar-refractivity contribution in [3.63, 3.8) is 0 Å². The van der Waals surface area contributed by atoms with Gasteiger partial charge in [-0.05, 0) is 30.3 Å². The molecule has 0 bridgehead atoms. The maximum absolute atomic E-state index is 5.38. The van der Waals surface area contributed by atoms with Gasteiger partial charge in [0.1, 0.15) is 11.5 Å². The van der Waals surface area contributed by atoms with Crippen LogP contribution in [0.5, 0.6) is 11.5 Å². The molecule has 24 heavy (non-hydrogen) atoms. The Bertz CT molecular complexity index is 810. The molecule has 2 aromatic carbocycles. The van der Waals surface area contributed by atoms with E-state index in [1.165, 1.54) is 0 Å². The van der Waals surface area contributed by atoms with Crippen LogP contribution in [0.15, 0.2) is 54.7 Å². The Morgan fingerprint density at radius 3 is 2.46 bits per heavy atom. The number of benzene rings is 2. The van der Waals surface area contributed by atoms with Crippen molar-refractivity contribution < 1.29 is 9.47 Å². The molecule has 3 rings (SSSR count). The number of aromatic nitrogens is 2. The van der Waals surface area contributed by atoms with E-state index in [0.717, 1.165) is 34.3 Å². The molecule has 0 atom stereocenters. The summed E-state index contributed by atoms with van der Waals surface area (Å²) < 4.78 is 12.6. The lowest BCUT2D eigenvalue weighted by Crippen LogP contribution is -2.06. The number of ether oxygens (including phenoxy) is 2. The van der Waals surface area contributed by atoms with Gasteiger partial charge >= 0.3 is 0 Å². The summed E-state index contributed by atoms with van der Waals surface area (Å²) in [4.78, 5) is 4.49. The lowest BCUT2D eigenvalue weighted by atomic mass is 10.1. The molecule has 0 aliphatic carbocycles. The minimum Gasteiger partial charge on any atom is -0.497 e. The number of hydrogen-bond acceptors (Lipinski definition) is 4. The lowest BCUT2D eigenvalue weighted by molar-refractivity contribution is 0.410. The predicted molar refractivity (Wildman–Crippen MR) is 95.5 cm³/mol. The molecule has 0 spiro atoms. The number of nitrogens with one attached hydrogen (secondary N) is 1. The molecule has 1 aromatic heterocycles. The first-order chi connectivity index (χ1) is 11.7. The maximum atomic E-state index is 5.38. The minimum atomic E-state index is 0.650. The summed E-state index contributed by atoms with van der Waals surface area (Å²) in [7, 11) is 5.34. The molecular weight excluding hydrogens is 302 g/mol. The quantitative estimate of drug-likeness (QED) is 0.751. The van der Waals surface area contributed by atoms with E-state index in [0.29, 0.717) is 6.54 Å². The second kappa shape index (κ2) is 7.08. The van der Waals surface area contributed by atoms with Gasteiger partial charge in [0.2, 0.25) is 5.95 Å². The summed E-state index contributed by atoms with van der Waals surface area (Å²) in [6.07, 6.45) is 1.87. The number of methoxy groups -OCH3 is 2. The van der Waals surface area contributed by atoms with Gasteiger partial charge in [-0.15, -0.1) is 0 Å². The third kappa shape index (κ3) is 3.20. The number of anilines is 1. The minimum absolute atomic E-state index is 0.650. The van der Waals surface area contributed by atoms with Crippen LogP contribution in [0.1, 0.15) is 5.56 Å². The van der Waals surface area contributed by atoms with E-state index in [1.807, 2.05) is 66.3 Å². The molecule has 1 heterocycles. The third-order valence-electron chi connectivity index (χ3n) is 4.00. The molecule has 0 aliphatic heterocycles. The molecule has 124 valence electrons. The Morgan fingerprint density at radius 1 is 1.00 bits per heavy atom. The van der Waals surface area contributed by atoms with Crippen molar-refractivity contribution in [1.82, 2.24) is 9.55 Å². The molecule has 5 heteroatoms. The molecule has 0 unspecified atom stereocenters. The normalized spacial score (nSPS) is 10.5. The van der Waals surface area contributed by atoms with E-state index >= 15 is 0 Å². The van der Waals surface area contributed by atoms with Gasteiger partial charge in [-0.25, -0.2) is 4.98 Å². The summed E-state index contributed by atoms with van der Waals surface area (Å²) in [5, 5.41) is 3.36. The van der Waals surface area contributed by atoms with E-state index in [1.54, 1.807) is 14.2 Å². The van der Waals surface area contributed by atoms with Gasteiger partial charge in [-0.1, -0.05) is 18.2 Å². The van der Waals surface area contributed by atoms with Gasteiger partial charge in [0.15, 0.2) is 0 Å². The summed E-state index contributed by atoms with van der Waals surface area (Å²) in [5.74, 6) is 2.52. The van der Waals surface area contributed by atoms with Crippen molar-refractivity contribution in [3.8, 4) is 22.8 Å². The van der Waals surface area contributed by atoms with Gasteiger partial charge in [-0.3, -0.25) is 0 Å². The highest BCUT2D eigenvalue weighted by molar-refractivity contribution is 5.62. The van der Waals surface area contributed by atoms with Crippen molar-refractivity contribution in [1.29, 1.82) is 0 Å². The third-order valence-corrected chi connectivity index (χ3v) is 4.00. The van der Waals surface area contributed by atoms with E-state index in [4.69, 9.17) is 9.47 Å². The van der Waals surface area contributed by atoms with E-state index in [2.05, 4.69) is 10.3 Å². The first-order valence-electron chi connectivity index (χ1n) is 7.75. The molecule has 5 nitrogen and oxygen atoms in total. The van der Waals surface area contributed by atoms with Gasteiger partial charge in [-0.2, -0.15) is 0 Å². The lowest BCUT2D eigenvalue weighted by Gasteiger charge is -2.11. The number of hydrogen-bond donors (Lipinski definition) is 1. The van der Waals surface area contributed by atoms with Crippen molar-refractivity contribution in [2.45, 2.75) is 6.54 Å². The van der Waals surface area contributed by atoms with Crippen molar-refractivity contribution in [2.24, 2.45) is 7.05 Å². The summed E-state index contributed by atoms with van der Waals surface area (Å²) in [5.41, 5.74) is 3.23. The van der Waals surface area contributed by atoms with Crippen LogP contribution in [0.2, 0.25) is 0 Å². The van der Waals surface area contributed by atoms with Crippen LogP contribution >= 0.6 is 0 Å². The van der Waals surface area contributed by atoms with Crippen LogP contribution in [0, 0.1) is 0 Å². The number of para-hydroxylation sites is 1. The monoisotopic (exact) mass is 323 g/mol. The van der Waals surface area contributed by atoms with Crippen LogP contribution in [0.25, 0.3) is 11.3 Å². The Balaban J connectivity index is 1.77. The summed E-state index contributed by atoms with van der Waals surface area (Å²) in [6, 6.07) is 15.9. The summed E-state index contributed by atoms with van der Waals surface area (Å²) >= 11 is 0. The largest absolute Gasteiger partial charge is 0.497 e. The zero-order chi connectivity index (χ0) is 16.9. The Hall–Kier alpha value is -2.95. The fourth-order valence-electron chi connectivity index (χ4n) is 2.63. The molecular formula is C19H21N3O2. The van der Waals surface area contributed by atoms with Crippen LogP contribution in [-0.2, 0) is 13.6 Å². The second-order valence-electron chi connectivity index (χ2n) is 5.42. The number of imidazole rings is 1. The molecule has 1 N–H and O–H groups in total. The highest BCUT2D eigenvalue weighted by Gasteiger charge is 2.09. The molecule has 0 aliphatic rings. The SMILES string of the molecule is COc1ccc(-c2cnc(NCc3ccccc3OC)n2C)cc1. The van der Waals surface area contributed by atoms with Crippen LogP contribution in [-0.4, -0.2) is 23.8 Å². The topological polar surface area (TPSA) is 48.3 Å².